The molecule has 11 aromatic rings. The molecule has 268 valence electrons. The Kier molecular flexibility index (Phi) is 8.06. The van der Waals surface area contributed by atoms with Crippen LogP contribution in [-0.2, 0) is 0 Å². The van der Waals surface area contributed by atoms with Gasteiger partial charge in [0.05, 0.1) is 16.7 Å². The lowest BCUT2D eigenvalue weighted by Gasteiger charge is -2.34. The highest BCUT2D eigenvalue weighted by Crippen LogP contribution is 2.40. The molecule has 0 saturated carbocycles. The Morgan fingerprint density at radius 2 is 0.860 bits per heavy atom. The first-order valence-electron chi connectivity index (χ1n) is 19.4. The monoisotopic (exact) mass is 760 g/mol. The number of fused-ring (bicyclic) bond motifs is 6. The van der Waals surface area contributed by atoms with E-state index in [9.17, 15) is 0 Å². The van der Waals surface area contributed by atoms with Gasteiger partial charge in [-0.15, -0.1) is 11.3 Å². The van der Waals surface area contributed by atoms with Crippen molar-refractivity contribution in [3.63, 3.8) is 0 Å². The van der Waals surface area contributed by atoms with Crippen molar-refractivity contribution in [1.82, 2.24) is 9.55 Å². The first-order valence-corrected chi connectivity index (χ1v) is 22.3. The van der Waals surface area contributed by atoms with Crippen LogP contribution in [0.4, 0.5) is 0 Å². The molecule has 0 aliphatic carbocycles. The van der Waals surface area contributed by atoms with Gasteiger partial charge in [0.15, 0.2) is 8.07 Å². The zero-order chi connectivity index (χ0) is 37.8. The van der Waals surface area contributed by atoms with Gasteiger partial charge in [-0.05, 0) is 92.5 Å². The fourth-order valence-corrected chi connectivity index (χ4v) is 14.7. The summed E-state index contributed by atoms with van der Waals surface area (Å²) < 4.78 is 4.95. The lowest BCUT2D eigenvalue weighted by Crippen LogP contribution is -2.74. The highest BCUT2D eigenvalue weighted by Gasteiger charge is 2.41. The molecule has 4 heteroatoms. The van der Waals surface area contributed by atoms with E-state index in [2.05, 4.69) is 223 Å². The number of hydrogen-bond acceptors (Lipinski definition) is 2. The molecule has 0 radical (unpaired) electrons. The van der Waals surface area contributed by atoms with Crippen molar-refractivity contribution in [2.45, 2.75) is 0 Å². The van der Waals surface area contributed by atoms with Crippen LogP contribution in [-0.4, -0.2) is 17.6 Å². The molecular weight excluding hydrogens is 725 g/mol. The van der Waals surface area contributed by atoms with Crippen LogP contribution in [0.25, 0.3) is 70.0 Å². The normalized spacial score (nSPS) is 11.9. The summed E-state index contributed by atoms with van der Waals surface area (Å²) in [4.78, 5) is 5.24. The Bertz CT molecular complexity index is 3110. The zero-order valence-electron chi connectivity index (χ0n) is 31.1. The molecule has 0 fully saturated rings. The van der Waals surface area contributed by atoms with E-state index < -0.39 is 8.07 Å². The second-order valence-electron chi connectivity index (χ2n) is 14.7. The van der Waals surface area contributed by atoms with Crippen LogP contribution < -0.4 is 20.7 Å². The van der Waals surface area contributed by atoms with Crippen LogP contribution in [0.1, 0.15) is 0 Å². The van der Waals surface area contributed by atoms with Gasteiger partial charge in [-0.25, -0.2) is 0 Å². The van der Waals surface area contributed by atoms with E-state index in [1.54, 1.807) is 0 Å². The number of nitrogens with zero attached hydrogens (tertiary/aromatic N) is 2. The fraction of sp³-hybridized carbons (Fsp3) is 0. The molecule has 0 N–H and O–H groups in total. The maximum atomic E-state index is 5.24. The first-order chi connectivity index (χ1) is 28.3. The SMILES string of the molecule is c1ccc(-n2c3ccccc3c3cc(-c4ccc5sc6ccc(-c7ccc([Si](c8ccccc8)(c8ccccc8)c8ccccc8)cn7)cc6c5c4)ccc32)cc1. The quantitative estimate of drug-likeness (QED) is 0.117. The smallest absolute Gasteiger partial charge is 0.181 e. The zero-order valence-corrected chi connectivity index (χ0v) is 32.9. The van der Waals surface area contributed by atoms with Crippen molar-refractivity contribution < 1.29 is 0 Å². The van der Waals surface area contributed by atoms with Crippen LogP contribution >= 0.6 is 11.3 Å². The number of hydrogen-bond donors (Lipinski definition) is 0. The van der Waals surface area contributed by atoms with Crippen molar-refractivity contribution >= 4 is 82.1 Å². The minimum atomic E-state index is -2.64. The maximum absolute atomic E-state index is 5.24. The molecule has 0 atom stereocenters. The summed E-state index contributed by atoms with van der Waals surface area (Å²) in [5, 5.41) is 10.4. The Morgan fingerprint density at radius 1 is 0.368 bits per heavy atom. The molecule has 0 saturated heterocycles. The molecule has 0 spiro atoms. The Balaban J connectivity index is 1.01. The third-order valence-corrected chi connectivity index (χ3v) is 17.5. The summed E-state index contributed by atoms with van der Waals surface area (Å²) in [7, 11) is -2.64. The van der Waals surface area contributed by atoms with E-state index in [0.717, 1.165) is 11.3 Å². The molecule has 3 heterocycles. The van der Waals surface area contributed by atoms with Gasteiger partial charge in [-0.2, -0.15) is 0 Å². The molecule has 11 rings (SSSR count). The van der Waals surface area contributed by atoms with E-state index in [1.807, 2.05) is 11.3 Å². The number of thiophene rings is 1. The predicted octanol–water partition coefficient (Wildman–Crippen LogP) is 11.3. The topological polar surface area (TPSA) is 17.8 Å². The second-order valence-corrected chi connectivity index (χ2v) is 19.6. The van der Waals surface area contributed by atoms with E-state index >= 15 is 0 Å². The largest absolute Gasteiger partial charge is 0.309 e. The fourth-order valence-electron chi connectivity index (χ4n) is 8.97. The van der Waals surface area contributed by atoms with Gasteiger partial charge in [-0.1, -0.05) is 152 Å². The summed E-state index contributed by atoms with van der Waals surface area (Å²) in [6.45, 7) is 0. The molecule has 8 aromatic carbocycles. The van der Waals surface area contributed by atoms with Crippen molar-refractivity contribution in [2.24, 2.45) is 0 Å². The third kappa shape index (κ3) is 5.48. The molecule has 0 aliphatic heterocycles. The summed E-state index contributed by atoms with van der Waals surface area (Å²) >= 11 is 1.86. The van der Waals surface area contributed by atoms with Gasteiger partial charge >= 0.3 is 0 Å². The molecule has 0 bridgehead atoms. The minimum Gasteiger partial charge on any atom is -0.309 e. The first kappa shape index (κ1) is 33.5. The van der Waals surface area contributed by atoms with Crippen LogP contribution in [0.2, 0.25) is 0 Å². The molecule has 2 nitrogen and oxygen atoms in total. The van der Waals surface area contributed by atoms with Crippen LogP contribution in [0.5, 0.6) is 0 Å². The highest BCUT2D eigenvalue weighted by molar-refractivity contribution is 7.25. The van der Waals surface area contributed by atoms with E-state index in [0.29, 0.717) is 0 Å². The number of benzene rings is 8. The lowest BCUT2D eigenvalue weighted by atomic mass is 10.00. The number of para-hydroxylation sites is 2. The summed E-state index contributed by atoms with van der Waals surface area (Å²) in [5.74, 6) is 0. The van der Waals surface area contributed by atoms with Crippen LogP contribution in [0, 0.1) is 0 Å². The van der Waals surface area contributed by atoms with Crippen molar-refractivity contribution in [3.05, 3.63) is 219 Å². The summed E-state index contributed by atoms with van der Waals surface area (Å²) in [6.07, 6.45) is 2.15. The van der Waals surface area contributed by atoms with Crippen molar-refractivity contribution in [1.29, 1.82) is 0 Å². The average molecular weight is 761 g/mol. The molecule has 0 unspecified atom stereocenters. The van der Waals surface area contributed by atoms with Gasteiger partial charge in [0.1, 0.15) is 0 Å². The molecule has 57 heavy (non-hydrogen) atoms. The van der Waals surface area contributed by atoms with Gasteiger partial charge in [0.2, 0.25) is 0 Å². The maximum Gasteiger partial charge on any atom is 0.181 e. The van der Waals surface area contributed by atoms with Crippen LogP contribution in [0.3, 0.4) is 0 Å². The third-order valence-electron chi connectivity index (χ3n) is 11.6. The Hall–Kier alpha value is -6.85. The van der Waals surface area contributed by atoms with E-state index in [-0.39, 0.29) is 0 Å². The van der Waals surface area contributed by atoms with Crippen molar-refractivity contribution in [2.75, 3.05) is 0 Å². The number of pyridine rings is 1. The van der Waals surface area contributed by atoms with Crippen molar-refractivity contribution in [3.8, 4) is 28.1 Å². The Labute approximate surface area is 336 Å². The minimum absolute atomic E-state index is 0.980. The molecule has 0 aliphatic rings. The average Bonchev–Trinajstić information content (AvgIpc) is 3.83. The molecule has 0 amide bonds. The summed E-state index contributed by atoms with van der Waals surface area (Å²) in [5.41, 5.74) is 8.15. The second kappa shape index (κ2) is 13.7. The predicted molar refractivity (Wildman–Crippen MR) is 246 cm³/mol. The standard InChI is InChI=1S/C53H36N2SSi/c1-5-15-40(16-6-1)55-50-24-14-13-23-45(50)46-33-37(25-30-51(46)55)38-26-31-52-47(34-38)48-35-39(27-32-53(48)56-52)49-29-28-44(36-54-49)57(41-17-7-2-8-18-41,42-19-9-3-10-20-42)43-21-11-4-12-22-43/h1-36H. The van der Waals surface area contributed by atoms with E-state index in [1.165, 1.54) is 79.5 Å². The molecular formula is C53H36N2SSi. The Morgan fingerprint density at radius 3 is 1.46 bits per heavy atom. The highest BCUT2D eigenvalue weighted by atomic mass is 32.1. The van der Waals surface area contributed by atoms with Crippen LogP contribution in [0.15, 0.2) is 219 Å². The number of aromatic nitrogens is 2. The van der Waals surface area contributed by atoms with Gasteiger partial charge in [0.25, 0.3) is 0 Å². The van der Waals surface area contributed by atoms with Gasteiger partial charge in [-0.3, -0.25) is 4.98 Å². The molecule has 3 aromatic heterocycles. The van der Waals surface area contributed by atoms with E-state index in [4.69, 9.17) is 4.98 Å². The summed E-state index contributed by atoms with van der Waals surface area (Å²) in [6, 6.07) is 77.8. The van der Waals surface area contributed by atoms with Gasteiger partial charge < -0.3 is 4.57 Å². The lowest BCUT2D eigenvalue weighted by molar-refractivity contribution is 1.18. The van der Waals surface area contributed by atoms with Gasteiger partial charge in [0, 0.05) is 48.4 Å². The number of rotatable bonds is 7.